The molecular weight excluding hydrogens is 364 g/mol. The molecule has 0 aromatic carbocycles. The van der Waals surface area contributed by atoms with E-state index in [1.165, 1.54) is 0 Å². The Bertz CT molecular complexity index is 46.6. The molecule has 0 bridgehead atoms. The summed E-state index contributed by atoms with van der Waals surface area (Å²) in [6.45, 7) is 32.7. The third kappa shape index (κ3) is 904. The van der Waals surface area contributed by atoms with Crippen LogP contribution in [0.4, 0.5) is 0 Å². The first-order valence-corrected chi connectivity index (χ1v) is 11.4. The van der Waals surface area contributed by atoms with Crippen molar-refractivity contribution < 1.29 is 5.11 Å². The monoisotopic (exact) mass is 422 g/mol. The van der Waals surface area contributed by atoms with Crippen LogP contribution in [-0.2, 0) is 0 Å². The zero-order valence-electron chi connectivity index (χ0n) is 20.4. The van der Waals surface area contributed by atoms with E-state index in [4.69, 9.17) is 10.8 Å². The molecule has 0 heterocycles. The lowest BCUT2D eigenvalue weighted by Gasteiger charge is -1.92. The largest absolute Gasteiger partial charge is 0.397 e. The Labute approximate surface area is 167 Å². The zero-order valence-corrected chi connectivity index (χ0v) is 22.0. The van der Waals surface area contributed by atoms with E-state index in [-0.39, 0.29) is 6.61 Å². The molecule has 0 fully saturated rings. The van der Waals surface area contributed by atoms with Crippen LogP contribution in [0.2, 0.25) is 0 Å². The number of alkyl halides is 1. The Kier molecular flexibility index (Phi) is 678. The molecular formula is C20H59BrN2O. The second-order valence-corrected chi connectivity index (χ2v) is 2.85. The standard InChI is InChI=1S/C4H12N2.C2H5Br.C2H6O.6C2H6/c1-2-6-4-3-5;2*1-2-3;6*1-2/h6H,2-5H2,1H3;2H2,1H3;3H,2H2,1H3;6*1-2H3. The van der Waals surface area contributed by atoms with Crippen molar-refractivity contribution in [3.8, 4) is 0 Å². The van der Waals surface area contributed by atoms with Crippen molar-refractivity contribution in [2.24, 2.45) is 5.73 Å². The minimum Gasteiger partial charge on any atom is -0.397 e. The van der Waals surface area contributed by atoms with Crippen LogP contribution in [0.5, 0.6) is 0 Å². The van der Waals surface area contributed by atoms with E-state index in [9.17, 15) is 0 Å². The number of aliphatic hydroxyl groups excluding tert-OH is 1. The van der Waals surface area contributed by atoms with E-state index in [1.807, 2.05) is 90.0 Å². The zero-order chi connectivity index (χ0) is 22.2. The minimum atomic E-state index is 0.250. The van der Waals surface area contributed by atoms with Crippen LogP contribution in [-0.4, -0.2) is 36.7 Å². The van der Waals surface area contributed by atoms with Crippen LogP contribution in [0.15, 0.2) is 0 Å². The summed E-state index contributed by atoms with van der Waals surface area (Å²) in [6, 6.07) is 0. The molecule has 0 aliphatic rings. The van der Waals surface area contributed by atoms with Crippen LogP contribution in [0.3, 0.4) is 0 Å². The topological polar surface area (TPSA) is 58.3 Å². The summed E-state index contributed by atoms with van der Waals surface area (Å²) >= 11 is 3.15. The number of rotatable bonds is 3. The predicted octanol–water partition coefficient (Wildman–Crippen LogP) is 7.11. The Hall–Kier alpha value is 0.360. The summed E-state index contributed by atoms with van der Waals surface area (Å²) in [5.41, 5.74) is 5.15. The van der Waals surface area contributed by atoms with Gasteiger partial charge in [-0.25, -0.2) is 0 Å². The van der Waals surface area contributed by atoms with Gasteiger partial charge in [0.1, 0.15) is 0 Å². The van der Waals surface area contributed by atoms with E-state index in [2.05, 4.69) is 28.2 Å². The first-order valence-electron chi connectivity index (χ1n) is 10.3. The number of halogens is 1. The maximum absolute atomic E-state index is 7.57. The SMILES string of the molecule is CC.CC.CC.CC.CC.CC.CCBr.CCNCCN.CCO. The van der Waals surface area contributed by atoms with Crippen molar-refractivity contribution in [1.82, 2.24) is 5.32 Å². The van der Waals surface area contributed by atoms with Crippen molar-refractivity contribution in [3.05, 3.63) is 0 Å². The molecule has 0 spiro atoms. The lowest BCUT2D eigenvalue weighted by atomic mass is 10.6. The van der Waals surface area contributed by atoms with Crippen LogP contribution < -0.4 is 11.1 Å². The van der Waals surface area contributed by atoms with Gasteiger partial charge in [0.15, 0.2) is 0 Å². The van der Waals surface area contributed by atoms with Crippen LogP contribution in [0, 0.1) is 0 Å². The summed E-state index contributed by atoms with van der Waals surface area (Å²) in [5, 5.41) is 11.7. The number of hydrogen-bond donors (Lipinski definition) is 3. The first-order chi connectivity index (χ1) is 11.7. The number of hydrogen-bond acceptors (Lipinski definition) is 3. The summed E-state index contributed by atoms with van der Waals surface area (Å²) in [5.74, 6) is 0. The van der Waals surface area contributed by atoms with Gasteiger partial charge in [0.05, 0.1) is 0 Å². The quantitative estimate of drug-likeness (QED) is 0.335. The molecule has 162 valence electrons. The Balaban J connectivity index is -0.0000000159. The summed E-state index contributed by atoms with van der Waals surface area (Å²) in [7, 11) is 0. The predicted molar refractivity (Wildman–Crippen MR) is 128 cm³/mol. The van der Waals surface area contributed by atoms with Crippen LogP contribution >= 0.6 is 15.9 Å². The number of nitrogens with one attached hydrogen (secondary N) is 1. The lowest BCUT2D eigenvalue weighted by Crippen LogP contribution is -2.21. The lowest BCUT2D eigenvalue weighted by molar-refractivity contribution is 0.318. The fourth-order valence-electron chi connectivity index (χ4n) is 0.279. The van der Waals surface area contributed by atoms with E-state index < -0.39 is 0 Å². The average Bonchev–Trinajstić information content (AvgIpc) is 2.71. The van der Waals surface area contributed by atoms with Gasteiger partial charge in [0, 0.05) is 25.0 Å². The van der Waals surface area contributed by atoms with Gasteiger partial charge in [-0.2, -0.15) is 0 Å². The van der Waals surface area contributed by atoms with Crippen molar-refractivity contribution in [2.45, 2.75) is 104 Å². The molecule has 0 atom stereocenters. The molecule has 4 heteroatoms. The molecule has 0 aliphatic heterocycles. The highest BCUT2D eigenvalue weighted by Gasteiger charge is 1.71. The second kappa shape index (κ2) is 289. The third-order valence-corrected chi connectivity index (χ3v) is 0.571. The fraction of sp³-hybridized carbons (Fsp3) is 1.00. The van der Waals surface area contributed by atoms with Crippen molar-refractivity contribution in [1.29, 1.82) is 0 Å². The van der Waals surface area contributed by atoms with Gasteiger partial charge in [-0.3, -0.25) is 0 Å². The molecule has 0 aromatic rings. The van der Waals surface area contributed by atoms with Crippen LogP contribution in [0.1, 0.15) is 104 Å². The summed E-state index contributed by atoms with van der Waals surface area (Å²) in [6.07, 6.45) is 0. The number of likely N-dealkylation sites (N-methyl/N-ethyl adjacent to an activating group) is 1. The van der Waals surface area contributed by atoms with Crippen LogP contribution in [0.25, 0.3) is 0 Å². The molecule has 0 saturated carbocycles. The van der Waals surface area contributed by atoms with Gasteiger partial charge in [-0.05, 0) is 13.5 Å². The highest BCUT2D eigenvalue weighted by atomic mass is 79.9. The highest BCUT2D eigenvalue weighted by Crippen LogP contribution is 1.67. The van der Waals surface area contributed by atoms with Gasteiger partial charge in [-0.15, -0.1) is 0 Å². The molecule has 0 aliphatic carbocycles. The van der Waals surface area contributed by atoms with Gasteiger partial charge >= 0.3 is 0 Å². The minimum absolute atomic E-state index is 0.250. The van der Waals surface area contributed by atoms with Crippen molar-refractivity contribution in [3.63, 3.8) is 0 Å². The molecule has 0 rings (SSSR count). The first kappa shape index (κ1) is 56.3. The third-order valence-electron chi connectivity index (χ3n) is 0.571. The molecule has 4 N–H and O–H groups in total. The molecule has 0 radical (unpaired) electrons. The average molecular weight is 424 g/mol. The van der Waals surface area contributed by atoms with Gasteiger partial charge < -0.3 is 16.2 Å². The summed E-state index contributed by atoms with van der Waals surface area (Å²) < 4.78 is 0. The molecule has 24 heavy (non-hydrogen) atoms. The molecule has 0 saturated heterocycles. The molecule has 0 amide bonds. The highest BCUT2D eigenvalue weighted by molar-refractivity contribution is 9.09. The fourth-order valence-corrected chi connectivity index (χ4v) is 0.279. The van der Waals surface area contributed by atoms with E-state index in [0.717, 1.165) is 25.0 Å². The number of aliphatic hydroxyl groups is 1. The van der Waals surface area contributed by atoms with Gasteiger partial charge in [0.25, 0.3) is 0 Å². The Morgan fingerprint density at radius 3 is 0.917 bits per heavy atom. The molecule has 3 nitrogen and oxygen atoms in total. The maximum atomic E-state index is 7.57. The second-order valence-electron chi connectivity index (χ2n) is 1.73. The normalized spacial score (nSPS) is 5.25. The Morgan fingerprint density at radius 1 is 0.708 bits per heavy atom. The Morgan fingerprint density at radius 2 is 0.875 bits per heavy atom. The number of nitrogens with two attached hydrogens (primary N) is 1. The van der Waals surface area contributed by atoms with Crippen molar-refractivity contribution in [2.75, 3.05) is 31.6 Å². The van der Waals surface area contributed by atoms with E-state index >= 15 is 0 Å². The molecule has 0 aromatic heterocycles. The van der Waals surface area contributed by atoms with Crippen molar-refractivity contribution >= 4 is 15.9 Å². The molecule has 0 unspecified atom stereocenters. The maximum Gasteiger partial charge on any atom is 0.0402 e. The summed E-state index contributed by atoms with van der Waals surface area (Å²) in [4.78, 5) is 0. The van der Waals surface area contributed by atoms with E-state index in [1.54, 1.807) is 6.92 Å². The van der Waals surface area contributed by atoms with Gasteiger partial charge in [0.2, 0.25) is 0 Å². The van der Waals surface area contributed by atoms with E-state index in [0.29, 0.717) is 0 Å². The van der Waals surface area contributed by atoms with Gasteiger partial charge in [-0.1, -0.05) is 113 Å². The smallest absolute Gasteiger partial charge is 0.0402 e.